The summed E-state index contributed by atoms with van der Waals surface area (Å²) in [6, 6.07) is 0. The molecule has 0 saturated heterocycles. The zero-order chi connectivity index (χ0) is 5.86. The van der Waals surface area contributed by atoms with Gasteiger partial charge in [0.25, 0.3) is 0 Å². The number of nitrogens with two attached hydrogens (primary N) is 1. The molecule has 8 heavy (non-hydrogen) atoms. The summed E-state index contributed by atoms with van der Waals surface area (Å²) in [4.78, 5) is 9.72. The Morgan fingerprint density at radius 1 is 1.88 bits per heavy atom. The van der Waals surface area contributed by atoms with Crippen molar-refractivity contribution in [3.8, 4) is 0 Å². The number of aliphatic carboxylic acids is 1. The van der Waals surface area contributed by atoms with Crippen molar-refractivity contribution in [3.63, 3.8) is 0 Å². The van der Waals surface area contributed by atoms with Crippen LogP contribution in [0.1, 0.15) is 0 Å². The maximum absolute atomic E-state index is 9.72. The third-order valence-electron chi connectivity index (χ3n) is 0.475. The minimum absolute atomic E-state index is 0. The number of carbonyl (C=O) groups is 1. The summed E-state index contributed by atoms with van der Waals surface area (Å²) < 4.78 is 0. The lowest BCUT2D eigenvalue weighted by molar-refractivity contribution is -0.136. The van der Waals surface area contributed by atoms with E-state index < -0.39 is 11.3 Å². The summed E-state index contributed by atoms with van der Waals surface area (Å²) in [5, 5.41) is 7.04. The van der Waals surface area contributed by atoms with Gasteiger partial charge in [-0.15, -0.1) is 24.0 Å². The molecule has 0 aliphatic heterocycles. The van der Waals surface area contributed by atoms with E-state index in [1.807, 2.05) is 0 Å². The van der Waals surface area contributed by atoms with Crippen LogP contribution in [0.5, 0.6) is 0 Å². The van der Waals surface area contributed by atoms with Crippen molar-refractivity contribution in [1.29, 1.82) is 0 Å². The summed E-state index contributed by atoms with van der Waals surface area (Å²) in [7, 11) is 0. The highest BCUT2D eigenvalue weighted by Gasteiger charge is 2.08. The summed E-state index contributed by atoms with van der Waals surface area (Å²) in [6.07, 6.45) is 0. The first-order chi connectivity index (χ1) is 3.18. The number of alkyl halides is 1. The van der Waals surface area contributed by atoms with Gasteiger partial charge in [-0.1, -0.05) is 0 Å². The Balaban J connectivity index is 0. The van der Waals surface area contributed by atoms with Gasteiger partial charge in [-0.25, -0.2) is 0 Å². The van der Waals surface area contributed by atoms with E-state index in [1.54, 1.807) is 0 Å². The zero-order valence-electron chi connectivity index (χ0n) is 4.00. The van der Waals surface area contributed by atoms with Crippen LogP contribution in [0.2, 0.25) is 0 Å². The first kappa shape index (κ1) is 10.9. The Morgan fingerprint density at radius 3 is 2.25 bits per heavy atom. The van der Waals surface area contributed by atoms with Gasteiger partial charge in [0.15, 0.2) is 0 Å². The molecular formula is C3H7Cl2NO2. The standard InChI is InChI=1S/C3H6ClNO2.ClH/c4-2(1-5)3(6)7;/h2H,1,5H2,(H,6,7);1H. The van der Waals surface area contributed by atoms with Crippen LogP contribution >= 0.6 is 24.0 Å². The van der Waals surface area contributed by atoms with E-state index in [0.717, 1.165) is 0 Å². The molecule has 0 fully saturated rings. The molecule has 0 aromatic rings. The fraction of sp³-hybridized carbons (Fsp3) is 0.667. The largest absolute Gasteiger partial charge is 0.480 e. The van der Waals surface area contributed by atoms with E-state index in [1.165, 1.54) is 0 Å². The highest BCUT2D eigenvalue weighted by molar-refractivity contribution is 6.29. The van der Waals surface area contributed by atoms with Crippen molar-refractivity contribution in [2.45, 2.75) is 5.38 Å². The number of rotatable bonds is 2. The molecule has 1 atom stereocenters. The highest BCUT2D eigenvalue weighted by Crippen LogP contribution is 1.89. The van der Waals surface area contributed by atoms with Gasteiger partial charge >= 0.3 is 5.97 Å². The van der Waals surface area contributed by atoms with Crippen LogP contribution in [0, 0.1) is 0 Å². The van der Waals surface area contributed by atoms with Gasteiger partial charge in [0.2, 0.25) is 0 Å². The van der Waals surface area contributed by atoms with Gasteiger partial charge in [0.1, 0.15) is 5.38 Å². The lowest BCUT2D eigenvalue weighted by Crippen LogP contribution is -2.22. The maximum Gasteiger partial charge on any atom is 0.322 e. The quantitative estimate of drug-likeness (QED) is 0.561. The molecule has 0 aromatic carbocycles. The number of halogens is 2. The minimum atomic E-state index is -1.07. The summed E-state index contributed by atoms with van der Waals surface area (Å²) in [5.74, 6) is -1.07. The second-order valence-corrected chi connectivity index (χ2v) is 1.57. The van der Waals surface area contributed by atoms with Gasteiger partial charge in [-0.3, -0.25) is 4.79 Å². The van der Waals surface area contributed by atoms with Gasteiger partial charge in [-0.2, -0.15) is 0 Å². The molecule has 0 aromatic heterocycles. The summed E-state index contributed by atoms with van der Waals surface area (Å²) in [5.41, 5.74) is 4.86. The summed E-state index contributed by atoms with van der Waals surface area (Å²) in [6.45, 7) is -0.0170. The van der Waals surface area contributed by atoms with E-state index in [4.69, 9.17) is 22.4 Å². The molecule has 5 heteroatoms. The molecule has 0 aliphatic carbocycles. The van der Waals surface area contributed by atoms with E-state index in [-0.39, 0.29) is 19.0 Å². The van der Waals surface area contributed by atoms with Gasteiger partial charge in [0.05, 0.1) is 0 Å². The van der Waals surface area contributed by atoms with Crippen LogP contribution in [0.4, 0.5) is 0 Å². The first-order valence-electron chi connectivity index (χ1n) is 1.75. The Bertz CT molecular complexity index is 77.7. The second kappa shape index (κ2) is 5.15. The van der Waals surface area contributed by atoms with Crippen LogP contribution in [0.3, 0.4) is 0 Å². The third-order valence-corrected chi connectivity index (χ3v) is 0.840. The van der Waals surface area contributed by atoms with Crippen LogP contribution < -0.4 is 5.73 Å². The molecule has 0 amide bonds. The predicted octanol–water partition coefficient (Wildman–Crippen LogP) is 0.0589. The maximum atomic E-state index is 9.72. The van der Waals surface area contributed by atoms with Crippen LogP contribution in [0.25, 0.3) is 0 Å². The molecule has 0 spiro atoms. The fourth-order valence-electron chi connectivity index (χ4n) is 0.101. The Labute approximate surface area is 58.2 Å². The molecule has 50 valence electrons. The smallest absolute Gasteiger partial charge is 0.322 e. The molecule has 0 heterocycles. The number of hydrogen-bond donors (Lipinski definition) is 2. The Morgan fingerprint density at radius 2 is 2.25 bits per heavy atom. The van der Waals surface area contributed by atoms with Crippen molar-refractivity contribution in [2.24, 2.45) is 5.73 Å². The first-order valence-corrected chi connectivity index (χ1v) is 2.19. The molecule has 1 unspecified atom stereocenters. The van der Waals surface area contributed by atoms with Gasteiger partial charge in [0, 0.05) is 6.54 Å². The summed E-state index contributed by atoms with van der Waals surface area (Å²) >= 11 is 5.08. The zero-order valence-corrected chi connectivity index (χ0v) is 5.58. The molecular weight excluding hydrogens is 153 g/mol. The van der Waals surface area contributed by atoms with E-state index in [2.05, 4.69) is 0 Å². The SMILES string of the molecule is Cl.NCC(Cl)C(=O)O. The molecule has 0 rings (SSSR count). The Kier molecular flexibility index (Phi) is 7.02. The fourth-order valence-corrected chi connectivity index (χ4v) is 0.101. The van der Waals surface area contributed by atoms with E-state index in [0.29, 0.717) is 0 Å². The lowest BCUT2D eigenvalue weighted by Gasteiger charge is -1.94. The average molecular weight is 160 g/mol. The van der Waals surface area contributed by atoms with Crippen LogP contribution in [-0.4, -0.2) is 23.0 Å². The van der Waals surface area contributed by atoms with Crippen LogP contribution in [0.15, 0.2) is 0 Å². The molecule has 0 radical (unpaired) electrons. The third kappa shape index (κ3) is 4.18. The van der Waals surface area contributed by atoms with Crippen molar-refractivity contribution < 1.29 is 9.90 Å². The highest BCUT2D eigenvalue weighted by atomic mass is 35.5. The molecule has 3 N–H and O–H groups in total. The lowest BCUT2D eigenvalue weighted by atomic mass is 10.4. The van der Waals surface area contributed by atoms with E-state index in [9.17, 15) is 4.79 Å². The van der Waals surface area contributed by atoms with Crippen molar-refractivity contribution in [1.82, 2.24) is 0 Å². The molecule has 0 aliphatic rings. The Hall–Kier alpha value is 0.01000. The number of carboxylic acid groups (broad SMARTS) is 1. The van der Waals surface area contributed by atoms with Crippen LogP contribution in [-0.2, 0) is 4.79 Å². The van der Waals surface area contributed by atoms with E-state index >= 15 is 0 Å². The van der Waals surface area contributed by atoms with Gasteiger partial charge in [-0.05, 0) is 0 Å². The molecule has 0 saturated carbocycles. The van der Waals surface area contributed by atoms with Gasteiger partial charge < -0.3 is 10.8 Å². The predicted molar refractivity (Wildman–Crippen MR) is 33.6 cm³/mol. The van der Waals surface area contributed by atoms with Crippen molar-refractivity contribution in [2.75, 3.05) is 6.54 Å². The van der Waals surface area contributed by atoms with Crippen molar-refractivity contribution >= 4 is 30.0 Å². The normalized spacial score (nSPS) is 11.8. The number of hydrogen-bond acceptors (Lipinski definition) is 2. The topological polar surface area (TPSA) is 63.3 Å². The minimum Gasteiger partial charge on any atom is -0.480 e. The molecule has 3 nitrogen and oxygen atoms in total. The molecule has 0 bridgehead atoms. The average Bonchev–Trinajstić information content (AvgIpc) is 1.65. The van der Waals surface area contributed by atoms with Crippen molar-refractivity contribution in [3.05, 3.63) is 0 Å². The monoisotopic (exact) mass is 159 g/mol. The number of carboxylic acids is 1. The second-order valence-electron chi connectivity index (χ2n) is 1.04.